The lowest BCUT2D eigenvalue weighted by Gasteiger charge is -2.19. The third-order valence-electron chi connectivity index (χ3n) is 4.30. The van der Waals surface area contributed by atoms with Gasteiger partial charge in [0, 0.05) is 17.8 Å². The van der Waals surface area contributed by atoms with Crippen LogP contribution in [-0.4, -0.2) is 43.6 Å². The van der Waals surface area contributed by atoms with Crippen LogP contribution in [-0.2, 0) is 0 Å². The summed E-state index contributed by atoms with van der Waals surface area (Å²) in [5, 5.41) is 3.60. The highest BCUT2D eigenvalue weighted by molar-refractivity contribution is 5.99. The molecule has 0 amide bonds. The number of ether oxygens (including phenoxy) is 4. The van der Waals surface area contributed by atoms with Crippen molar-refractivity contribution in [3.63, 3.8) is 0 Å². The van der Waals surface area contributed by atoms with Crippen molar-refractivity contribution in [2.45, 2.75) is 19.2 Å². The Hall–Kier alpha value is -3.43. The Balaban J connectivity index is 2.01. The molecule has 2 aromatic carbocycles. The van der Waals surface area contributed by atoms with E-state index in [9.17, 15) is 13.2 Å². The minimum Gasteiger partial charge on any atom is -0.493 e. The van der Waals surface area contributed by atoms with E-state index in [0.717, 1.165) is 6.92 Å². The minimum absolute atomic E-state index is 0.0643. The number of hydrogen-bond donors (Lipinski definition) is 1. The second-order valence-corrected chi connectivity index (χ2v) is 6.22. The number of halogens is 3. The number of alkyl halides is 3. The third-order valence-corrected chi connectivity index (χ3v) is 4.30. The van der Waals surface area contributed by atoms with Gasteiger partial charge in [0.2, 0.25) is 5.75 Å². The highest BCUT2D eigenvalue weighted by Crippen LogP contribution is 2.45. The summed E-state index contributed by atoms with van der Waals surface area (Å²) in [7, 11) is 4.45. The van der Waals surface area contributed by atoms with E-state index in [1.165, 1.54) is 39.8 Å². The second-order valence-electron chi connectivity index (χ2n) is 6.22. The second kappa shape index (κ2) is 8.52. The molecule has 1 heterocycles. The molecule has 1 aromatic heterocycles. The maximum Gasteiger partial charge on any atom is 0.425 e. The molecule has 3 aromatic rings. The Morgan fingerprint density at radius 2 is 1.70 bits per heavy atom. The van der Waals surface area contributed by atoms with Crippen LogP contribution in [0.3, 0.4) is 0 Å². The fraction of sp³-hybridized carbons (Fsp3) is 0.300. The van der Waals surface area contributed by atoms with Crippen LogP contribution in [0, 0.1) is 0 Å². The first kappa shape index (κ1) is 21.3. The van der Waals surface area contributed by atoms with Gasteiger partial charge in [-0.3, -0.25) is 0 Å². The summed E-state index contributed by atoms with van der Waals surface area (Å²) in [6.07, 6.45) is -5.05. The smallest absolute Gasteiger partial charge is 0.425 e. The number of nitrogens with zero attached hydrogens (tertiary/aromatic N) is 2. The van der Waals surface area contributed by atoms with Gasteiger partial charge in [-0.1, -0.05) is 6.07 Å². The van der Waals surface area contributed by atoms with Crippen LogP contribution in [0.1, 0.15) is 6.92 Å². The number of nitrogens with one attached hydrogen (secondary N) is 1. The van der Waals surface area contributed by atoms with E-state index in [0.29, 0.717) is 39.7 Å². The largest absolute Gasteiger partial charge is 0.493 e. The standard InChI is InChI=1S/C20H20F3N3O4/c1-11(20(21,22)23)30-13-7-5-6-12(8-13)26-19-16-14(24-10-25-19)9-15(27-2)17(28-3)18(16)29-4/h5-11H,1-4H3,(H,24,25,26). The van der Waals surface area contributed by atoms with Crippen molar-refractivity contribution in [1.82, 2.24) is 9.97 Å². The zero-order valence-electron chi connectivity index (χ0n) is 16.7. The number of anilines is 2. The number of methoxy groups -OCH3 is 3. The molecule has 0 saturated carbocycles. The normalized spacial score (nSPS) is 12.4. The average molecular weight is 423 g/mol. The Bertz CT molecular complexity index is 1040. The van der Waals surface area contributed by atoms with Gasteiger partial charge < -0.3 is 24.3 Å². The van der Waals surface area contributed by atoms with E-state index in [4.69, 9.17) is 18.9 Å². The van der Waals surface area contributed by atoms with Gasteiger partial charge in [0.15, 0.2) is 17.6 Å². The van der Waals surface area contributed by atoms with Gasteiger partial charge in [-0.2, -0.15) is 13.2 Å². The van der Waals surface area contributed by atoms with Crippen molar-refractivity contribution >= 4 is 22.4 Å². The molecule has 0 saturated heterocycles. The van der Waals surface area contributed by atoms with Crippen molar-refractivity contribution in [3.05, 3.63) is 36.7 Å². The van der Waals surface area contributed by atoms with Crippen LogP contribution < -0.4 is 24.3 Å². The summed E-state index contributed by atoms with van der Waals surface area (Å²) in [5.41, 5.74) is 0.999. The quantitative estimate of drug-likeness (QED) is 0.589. The number of rotatable bonds is 7. The molecule has 1 atom stereocenters. The molecule has 0 bridgehead atoms. The summed E-state index contributed by atoms with van der Waals surface area (Å²) in [6, 6.07) is 7.81. The van der Waals surface area contributed by atoms with Crippen LogP contribution in [0.2, 0.25) is 0 Å². The van der Waals surface area contributed by atoms with Crippen molar-refractivity contribution in [3.8, 4) is 23.0 Å². The van der Waals surface area contributed by atoms with Crippen LogP contribution in [0.15, 0.2) is 36.7 Å². The first-order valence-corrected chi connectivity index (χ1v) is 8.82. The lowest BCUT2D eigenvalue weighted by molar-refractivity contribution is -0.189. The molecule has 0 fully saturated rings. The van der Waals surface area contributed by atoms with E-state index >= 15 is 0 Å². The molecule has 160 valence electrons. The third kappa shape index (κ3) is 4.27. The first-order chi connectivity index (χ1) is 14.3. The molecular weight excluding hydrogens is 403 g/mol. The minimum atomic E-state index is -4.46. The van der Waals surface area contributed by atoms with Gasteiger partial charge in [0.1, 0.15) is 17.9 Å². The number of hydrogen-bond acceptors (Lipinski definition) is 7. The Labute approximate surface area is 170 Å². The Morgan fingerprint density at radius 3 is 2.33 bits per heavy atom. The molecule has 0 aliphatic heterocycles. The van der Waals surface area contributed by atoms with Gasteiger partial charge in [0.05, 0.1) is 32.2 Å². The van der Waals surface area contributed by atoms with Crippen LogP contribution in [0.25, 0.3) is 10.9 Å². The van der Waals surface area contributed by atoms with Crippen LogP contribution >= 0.6 is 0 Å². The SMILES string of the molecule is COc1cc2ncnc(Nc3cccc(OC(C)C(F)(F)F)c3)c2c(OC)c1OC. The fourth-order valence-corrected chi connectivity index (χ4v) is 2.84. The molecular formula is C20H20F3N3O4. The maximum atomic E-state index is 12.8. The summed E-state index contributed by atoms with van der Waals surface area (Å²) < 4.78 is 59.6. The summed E-state index contributed by atoms with van der Waals surface area (Å²) in [5.74, 6) is 1.59. The van der Waals surface area contributed by atoms with Gasteiger partial charge in [-0.25, -0.2) is 9.97 Å². The van der Waals surface area contributed by atoms with E-state index in [1.807, 2.05) is 0 Å². The molecule has 1 N–H and O–H groups in total. The van der Waals surface area contributed by atoms with Crippen molar-refractivity contribution in [1.29, 1.82) is 0 Å². The van der Waals surface area contributed by atoms with E-state index in [1.54, 1.807) is 18.2 Å². The van der Waals surface area contributed by atoms with Crippen molar-refractivity contribution < 1.29 is 32.1 Å². The van der Waals surface area contributed by atoms with E-state index in [2.05, 4.69) is 15.3 Å². The topological polar surface area (TPSA) is 74.7 Å². The lowest BCUT2D eigenvalue weighted by Crippen LogP contribution is -2.31. The molecule has 30 heavy (non-hydrogen) atoms. The number of fused-ring (bicyclic) bond motifs is 1. The molecule has 0 spiro atoms. The lowest BCUT2D eigenvalue weighted by atomic mass is 10.1. The van der Waals surface area contributed by atoms with Crippen LogP contribution in [0.4, 0.5) is 24.7 Å². The zero-order chi connectivity index (χ0) is 21.9. The Kier molecular flexibility index (Phi) is 6.04. The molecule has 1 unspecified atom stereocenters. The van der Waals surface area contributed by atoms with Gasteiger partial charge in [0.25, 0.3) is 0 Å². The van der Waals surface area contributed by atoms with E-state index in [-0.39, 0.29) is 5.75 Å². The zero-order valence-corrected chi connectivity index (χ0v) is 16.7. The fourth-order valence-electron chi connectivity index (χ4n) is 2.84. The highest BCUT2D eigenvalue weighted by Gasteiger charge is 2.38. The van der Waals surface area contributed by atoms with Crippen molar-refractivity contribution in [2.24, 2.45) is 0 Å². The molecule has 7 nitrogen and oxygen atoms in total. The van der Waals surface area contributed by atoms with Gasteiger partial charge >= 0.3 is 6.18 Å². The van der Waals surface area contributed by atoms with Crippen LogP contribution in [0.5, 0.6) is 23.0 Å². The number of benzene rings is 2. The summed E-state index contributed by atoms with van der Waals surface area (Å²) in [6.45, 7) is 0.947. The maximum absolute atomic E-state index is 12.8. The average Bonchev–Trinajstić information content (AvgIpc) is 2.71. The summed E-state index contributed by atoms with van der Waals surface area (Å²) >= 11 is 0. The molecule has 0 aliphatic rings. The van der Waals surface area contributed by atoms with Gasteiger partial charge in [-0.05, 0) is 19.1 Å². The first-order valence-electron chi connectivity index (χ1n) is 8.82. The summed E-state index contributed by atoms with van der Waals surface area (Å²) in [4.78, 5) is 8.50. The van der Waals surface area contributed by atoms with E-state index < -0.39 is 12.3 Å². The molecule has 10 heteroatoms. The number of aromatic nitrogens is 2. The predicted octanol–water partition coefficient (Wildman–Crippen LogP) is 4.73. The van der Waals surface area contributed by atoms with Gasteiger partial charge in [-0.15, -0.1) is 0 Å². The predicted molar refractivity (Wildman–Crippen MR) is 105 cm³/mol. The highest BCUT2D eigenvalue weighted by atomic mass is 19.4. The van der Waals surface area contributed by atoms with Crippen molar-refractivity contribution in [2.75, 3.05) is 26.6 Å². The monoisotopic (exact) mass is 423 g/mol. The molecule has 3 rings (SSSR count). The molecule has 0 aliphatic carbocycles. The Morgan fingerprint density at radius 1 is 0.967 bits per heavy atom. The molecule has 0 radical (unpaired) electrons.